The topological polar surface area (TPSA) is 75.4 Å². The van der Waals surface area contributed by atoms with Crippen molar-refractivity contribution in [2.24, 2.45) is 5.92 Å². The summed E-state index contributed by atoms with van der Waals surface area (Å²) >= 11 is 4.07. The molecule has 2 rings (SSSR count). The zero-order chi connectivity index (χ0) is 15.4. The standard InChI is InChI=1S/C14H21N3O3S/c1-9-12(16-10(2)20-9)14(19)17-6-3-11(4-7-17)13(18)15-5-8-21/h11,21H,3-8H2,1-2H3,(H,15,18). The average Bonchev–Trinajstić information content (AvgIpc) is 2.83. The zero-order valence-corrected chi connectivity index (χ0v) is 13.3. The number of likely N-dealkylation sites (tertiary alicyclic amines) is 1. The molecule has 0 radical (unpaired) electrons. The predicted octanol–water partition coefficient (Wildman–Crippen LogP) is 1.19. The van der Waals surface area contributed by atoms with Crippen LogP contribution in [0.1, 0.15) is 35.0 Å². The first-order valence-electron chi connectivity index (χ1n) is 7.14. The van der Waals surface area contributed by atoms with Gasteiger partial charge in [-0.25, -0.2) is 4.98 Å². The minimum atomic E-state index is -0.112. The summed E-state index contributed by atoms with van der Waals surface area (Å²) in [5.41, 5.74) is 0.380. The molecule has 0 aliphatic carbocycles. The first-order valence-corrected chi connectivity index (χ1v) is 7.78. The van der Waals surface area contributed by atoms with E-state index in [1.165, 1.54) is 0 Å². The number of hydrogen-bond acceptors (Lipinski definition) is 5. The highest BCUT2D eigenvalue weighted by Crippen LogP contribution is 2.20. The predicted molar refractivity (Wildman–Crippen MR) is 81.5 cm³/mol. The van der Waals surface area contributed by atoms with Gasteiger partial charge in [-0.15, -0.1) is 0 Å². The summed E-state index contributed by atoms with van der Waals surface area (Å²) in [5.74, 6) is 1.61. The van der Waals surface area contributed by atoms with E-state index in [0.29, 0.717) is 55.6 Å². The summed E-state index contributed by atoms with van der Waals surface area (Å²) in [5, 5.41) is 2.84. The number of carbonyl (C=O) groups is 2. The molecule has 7 heteroatoms. The number of carbonyl (C=O) groups excluding carboxylic acids is 2. The summed E-state index contributed by atoms with van der Waals surface area (Å²) in [6.45, 7) is 5.19. The fourth-order valence-electron chi connectivity index (χ4n) is 2.55. The van der Waals surface area contributed by atoms with E-state index in [2.05, 4.69) is 22.9 Å². The van der Waals surface area contributed by atoms with Crippen LogP contribution in [0, 0.1) is 19.8 Å². The van der Waals surface area contributed by atoms with Gasteiger partial charge in [0.15, 0.2) is 11.6 Å². The Morgan fingerprint density at radius 3 is 2.57 bits per heavy atom. The van der Waals surface area contributed by atoms with Crippen LogP contribution in [0.4, 0.5) is 0 Å². The van der Waals surface area contributed by atoms with Gasteiger partial charge in [-0.1, -0.05) is 0 Å². The highest BCUT2D eigenvalue weighted by Gasteiger charge is 2.29. The molecule has 21 heavy (non-hydrogen) atoms. The molecule has 1 N–H and O–H groups in total. The molecular weight excluding hydrogens is 290 g/mol. The van der Waals surface area contributed by atoms with Crippen LogP contribution in [-0.4, -0.2) is 47.1 Å². The summed E-state index contributed by atoms with van der Waals surface area (Å²) in [6, 6.07) is 0. The lowest BCUT2D eigenvalue weighted by Gasteiger charge is -2.30. The lowest BCUT2D eigenvalue weighted by atomic mass is 9.95. The number of rotatable bonds is 4. The molecule has 0 bridgehead atoms. The summed E-state index contributed by atoms with van der Waals surface area (Å²) in [7, 11) is 0. The van der Waals surface area contributed by atoms with Crippen molar-refractivity contribution in [1.82, 2.24) is 15.2 Å². The van der Waals surface area contributed by atoms with Crippen molar-refractivity contribution in [2.45, 2.75) is 26.7 Å². The van der Waals surface area contributed by atoms with Gasteiger partial charge in [0, 0.05) is 38.2 Å². The molecule has 1 aliphatic rings. The van der Waals surface area contributed by atoms with E-state index < -0.39 is 0 Å². The highest BCUT2D eigenvalue weighted by atomic mass is 32.1. The van der Waals surface area contributed by atoms with Gasteiger partial charge in [0.25, 0.3) is 5.91 Å². The Balaban J connectivity index is 1.90. The molecule has 6 nitrogen and oxygen atoms in total. The summed E-state index contributed by atoms with van der Waals surface area (Å²) in [4.78, 5) is 30.1. The number of nitrogens with one attached hydrogen (secondary N) is 1. The van der Waals surface area contributed by atoms with Crippen LogP contribution in [0.15, 0.2) is 4.42 Å². The fourth-order valence-corrected chi connectivity index (χ4v) is 2.66. The van der Waals surface area contributed by atoms with Gasteiger partial charge < -0.3 is 14.6 Å². The SMILES string of the molecule is Cc1nc(C(=O)N2CCC(C(=O)NCCS)CC2)c(C)o1. The van der Waals surface area contributed by atoms with Crippen LogP contribution in [-0.2, 0) is 4.79 Å². The number of aromatic nitrogens is 1. The lowest BCUT2D eigenvalue weighted by molar-refractivity contribution is -0.126. The second-order valence-electron chi connectivity index (χ2n) is 5.22. The minimum absolute atomic E-state index is 0.0194. The molecule has 1 aliphatic heterocycles. The number of amides is 2. The Morgan fingerprint density at radius 2 is 2.05 bits per heavy atom. The Kier molecular flexibility index (Phi) is 5.27. The highest BCUT2D eigenvalue weighted by molar-refractivity contribution is 7.80. The van der Waals surface area contributed by atoms with E-state index in [9.17, 15) is 9.59 Å². The van der Waals surface area contributed by atoms with E-state index in [1.54, 1.807) is 18.7 Å². The van der Waals surface area contributed by atoms with Gasteiger partial charge >= 0.3 is 0 Å². The molecule has 1 fully saturated rings. The van der Waals surface area contributed by atoms with Crippen molar-refractivity contribution in [3.8, 4) is 0 Å². The zero-order valence-electron chi connectivity index (χ0n) is 12.4. The maximum Gasteiger partial charge on any atom is 0.276 e. The van der Waals surface area contributed by atoms with Crippen LogP contribution in [0.2, 0.25) is 0 Å². The van der Waals surface area contributed by atoms with Crippen molar-refractivity contribution in [1.29, 1.82) is 0 Å². The van der Waals surface area contributed by atoms with Crippen LogP contribution < -0.4 is 5.32 Å². The third-order valence-electron chi connectivity index (χ3n) is 3.67. The molecule has 116 valence electrons. The van der Waals surface area contributed by atoms with E-state index in [0.717, 1.165) is 0 Å². The normalized spacial score (nSPS) is 16.0. The molecule has 2 amide bonds. The molecular formula is C14H21N3O3S. The molecule has 0 atom stereocenters. The van der Waals surface area contributed by atoms with E-state index in [-0.39, 0.29) is 17.7 Å². The average molecular weight is 311 g/mol. The largest absolute Gasteiger partial charge is 0.445 e. The second-order valence-corrected chi connectivity index (χ2v) is 5.67. The first kappa shape index (κ1) is 15.9. The van der Waals surface area contributed by atoms with Crippen molar-refractivity contribution < 1.29 is 14.0 Å². The molecule has 1 aromatic heterocycles. The third kappa shape index (κ3) is 3.78. The Hall–Kier alpha value is -1.50. The number of hydrogen-bond donors (Lipinski definition) is 2. The van der Waals surface area contributed by atoms with Crippen molar-refractivity contribution >= 4 is 24.4 Å². The third-order valence-corrected chi connectivity index (χ3v) is 3.89. The summed E-state index contributed by atoms with van der Waals surface area (Å²) in [6.07, 6.45) is 1.36. The number of nitrogens with zero attached hydrogens (tertiary/aromatic N) is 2. The smallest absolute Gasteiger partial charge is 0.276 e. The number of piperidine rings is 1. The van der Waals surface area contributed by atoms with E-state index in [4.69, 9.17) is 4.42 Å². The van der Waals surface area contributed by atoms with Gasteiger partial charge in [-0.3, -0.25) is 9.59 Å². The molecule has 0 spiro atoms. The molecule has 0 unspecified atom stereocenters. The Bertz CT molecular complexity index is 522. The molecule has 2 heterocycles. The van der Waals surface area contributed by atoms with Gasteiger partial charge in [-0.2, -0.15) is 12.6 Å². The Labute approximate surface area is 129 Å². The van der Waals surface area contributed by atoms with E-state index >= 15 is 0 Å². The van der Waals surface area contributed by atoms with E-state index in [1.807, 2.05) is 0 Å². The molecule has 0 saturated carbocycles. The van der Waals surface area contributed by atoms with Crippen molar-refractivity contribution in [3.63, 3.8) is 0 Å². The summed E-state index contributed by atoms with van der Waals surface area (Å²) < 4.78 is 5.30. The first-order chi connectivity index (χ1) is 10.0. The molecule has 1 saturated heterocycles. The van der Waals surface area contributed by atoms with Gasteiger partial charge in [0.05, 0.1) is 0 Å². The lowest BCUT2D eigenvalue weighted by Crippen LogP contribution is -2.43. The van der Waals surface area contributed by atoms with Crippen LogP contribution in [0.25, 0.3) is 0 Å². The maximum atomic E-state index is 12.4. The monoisotopic (exact) mass is 311 g/mol. The van der Waals surface area contributed by atoms with Crippen LogP contribution in [0.3, 0.4) is 0 Å². The second kappa shape index (κ2) is 6.98. The van der Waals surface area contributed by atoms with Crippen LogP contribution >= 0.6 is 12.6 Å². The molecule has 0 aromatic carbocycles. The van der Waals surface area contributed by atoms with Crippen molar-refractivity contribution in [3.05, 3.63) is 17.3 Å². The van der Waals surface area contributed by atoms with Gasteiger partial charge in [-0.05, 0) is 19.8 Å². The van der Waals surface area contributed by atoms with Crippen LogP contribution in [0.5, 0.6) is 0 Å². The minimum Gasteiger partial charge on any atom is -0.445 e. The van der Waals surface area contributed by atoms with Crippen molar-refractivity contribution in [2.75, 3.05) is 25.4 Å². The fraction of sp³-hybridized carbons (Fsp3) is 0.643. The van der Waals surface area contributed by atoms with Gasteiger partial charge in [0.2, 0.25) is 5.91 Å². The number of thiol groups is 1. The molecule has 1 aromatic rings. The quantitative estimate of drug-likeness (QED) is 0.819. The maximum absolute atomic E-state index is 12.4. The van der Waals surface area contributed by atoms with Gasteiger partial charge in [0.1, 0.15) is 5.76 Å². The number of oxazole rings is 1. The number of aryl methyl sites for hydroxylation is 2. The Morgan fingerprint density at radius 1 is 1.38 bits per heavy atom.